The Hall–Kier alpha value is -2.05. The molecule has 0 N–H and O–H groups in total. The van der Waals surface area contributed by atoms with Crippen molar-refractivity contribution in [1.29, 1.82) is 0 Å². The average molecular weight is 359 g/mol. The number of ether oxygens (including phenoxy) is 3. The number of benzene rings is 1. The van der Waals surface area contributed by atoms with E-state index in [2.05, 4.69) is 6.08 Å². The molecule has 3 atom stereocenters. The molecule has 4 rings (SSSR count). The van der Waals surface area contributed by atoms with E-state index in [4.69, 9.17) is 14.2 Å². The first kappa shape index (κ1) is 17.4. The zero-order valence-corrected chi connectivity index (χ0v) is 15.5. The third-order valence-electron chi connectivity index (χ3n) is 6.36. The summed E-state index contributed by atoms with van der Waals surface area (Å²) in [5, 5.41) is 13.8. The lowest BCUT2D eigenvalue weighted by Gasteiger charge is -2.50. The van der Waals surface area contributed by atoms with E-state index in [1.54, 1.807) is 14.2 Å². The fourth-order valence-electron chi connectivity index (χ4n) is 5.27. The third-order valence-corrected chi connectivity index (χ3v) is 6.36. The lowest BCUT2D eigenvalue weighted by Crippen LogP contribution is -2.51. The molecule has 2 heterocycles. The molecule has 0 radical (unpaired) electrons. The number of hydrogen-bond acceptors (Lipinski definition) is 5. The molecular formula is C20H25NO5. The van der Waals surface area contributed by atoms with Gasteiger partial charge in [-0.2, -0.15) is 0 Å². The molecule has 6 nitrogen and oxygen atoms in total. The van der Waals surface area contributed by atoms with Crippen LogP contribution in [0.4, 0.5) is 0 Å². The van der Waals surface area contributed by atoms with Crippen molar-refractivity contribution in [3.8, 4) is 11.5 Å². The molecule has 0 spiro atoms. The molecule has 0 amide bonds. The second-order valence-electron chi connectivity index (χ2n) is 7.48. The van der Waals surface area contributed by atoms with Crippen LogP contribution in [0.3, 0.4) is 0 Å². The van der Waals surface area contributed by atoms with Crippen LogP contribution in [0.5, 0.6) is 11.5 Å². The van der Waals surface area contributed by atoms with Gasteiger partial charge in [0, 0.05) is 17.6 Å². The van der Waals surface area contributed by atoms with E-state index in [1.807, 2.05) is 12.1 Å². The van der Waals surface area contributed by atoms with Gasteiger partial charge in [0.25, 0.3) is 0 Å². The van der Waals surface area contributed by atoms with Gasteiger partial charge in [-0.25, -0.2) is 0 Å². The summed E-state index contributed by atoms with van der Waals surface area (Å²) in [6, 6.07) is 3.36. The standard InChI is InChI=1S/C20H25NO5/c1-24-16-10-13-7-9-21(23)12-14-6-4-5-8-20(14,19(22)26-3)18(21)15(13)11-17(16)25-2/h6,10-11,18H,4-5,7-9,12H2,1-3H3/t18-,20-,21?/m1/s1. The Morgan fingerprint density at radius 3 is 2.65 bits per heavy atom. The molecule has 6 heteroatoms. The van der Waals surface area contributed by atoms with Crippen LogP contribution in [0.1, 0.15) is 36.4 Å². The number of fused-ring (bicyclic) bond motifs is 5. The lowest BCUT2D eigenvalue weighted by atomic mass is 9.67. The first-order chi connectivity index (χ1) is 12.5. The summed E-state index contributed by atoms with van der Waals surface area (Å²) < 4.78 is 15.7. The van der Waals surface area contributed by atoms with E-state index >= 15 is 0 Å². The van der Waals surface area contributed by atoms with Crippen LogP contribution in [0.25, 0.3) is 0 Å². The van der Waals surface area contributed by atoms with Crippen LogP contribution in [-0.4, -0.2) is 45.0 Å². The Bertz CT molecular complexity index is 789. The number of hydroxylamine groups is 3. The zero-order valence-electron chi connectivity index (χ0n) is 15.5. The molecular weight excluding hydrogens is 334 g/mol. The number of carbonyl (C=O) groups excluding carboxylic acids is 1. The van der Waals surface area contributed by atoms with Gasteiger partial charge in [0.15, 0.2) is 16.9 Å². The normalized spacial score (nSPS) is 32.0. The first-order valence-electron chi connectivity index (χ1n) is 9.10. The minimum Gasteiger partial charge on any atom is -0.632 e. The molecule has 1 aromatic rings. The van der Waals surface area contributed by atoms with E-state index in [-0.39, 0.29) is 10.6 Å². The molecule has 1 aromatic carbocycles. The summed E-state index contributed by atoms with van der Waals surface area (Å²) in [6.07, 6.45) is 5.22. The molecule has 1 unspecified atom stereocenters. The Labute approximate surface area is 153 Å². The van der Waals surface area contributed by atoms with Crippen LogP contribution >= 0.6 is 0 Å². The van der Waals surface area contributed by atoms with Gasteiger partial charge in [0.05, 0.1) is 27.9 Å². The highest BCUT2D eigenvalue weighted by atomic mass is 16.6. The number of nitrogens with zero attached hydrogens (tertiary/aromatic N) is 1. The molecule has 3 aliphatic rings. The molecule has 1 fully saturated rings. The maximum absolute atomic E-state index is 13.8. The van der Waals surface area contributed by atoms with E-state index in [1.165, 1.54) is 7.11 Å². The Balaban J connectivity index is 1.95. The van der Waals surface area contributed by atoms with Gasteiger partial charge in [0.1, 0.15) is 12.6 Å². The average Bonchev–Trinajstić information content (AvgIpc) is 2.95. The fraction of sp³-hybridized carbons (Fsp3) is 0.550. The van der Waals surface area contributed by atoms with Crippen molar-refractivity contribution in [3.63, 3.8) is 0 Å². The summed E-state index contributed by atoms with van der Waals surface area (Å²) in [4.78, 5) is 13.0. The topological polar surface area (TPSA) is 67.8 Å². The Morgan fingerprint density at radius 1 is 1.23 bits per heavy atom. The summed E-state index contributed by atoms with van der Waals surface area (Å²) >= 11 is 0. The van der Waals surface area contributed by atoms with E-state index in [9.17, 15) is 10.0 Å². The van der Waals surface area contributed by atoms with Gasteiger partial charge in [-0.15, -0.1) is 0 Å². The zero-order chi connectivity index (χ0) is 18.5. The van der Waals surface area contributed by atoms with Gasteiger partial charge in [-0.3, -0.25) is 4.79 Å². The minimum absolute atomic E-state index is 0.285. The number of methoxy groups -OCH3 is 3. The van der Waals surface area contributed by atoms with Gasteiger partial charge in [0.2, 0.25) is 0 Å². The SMILES string of the molecule is COC(=O)[C@]12CCCC=C1C[N+]1([O-])CCc3cc(OC)c(OC)cc3[C@H]21. The van der Waals surface area contributed by atoms with E-state index in [0.717, 1.165) is 29.5 Å². The molecule has 26 heavy (non-hydrogen) atoms. The maximum atomic E-state index is 13.8. The monoisotopic (exact) mass is 359 g/mol. The largest absolute Gasteiger partial charge is 0.632 e. The van der Waals surface area contributed by atoms with Crippen molar-refractivity contribution in [2.24, 2.45) is 5.41 Å². The number of quaternary nitrogens is 1. The van der Waals surface area contributed by atoms with Gasteiger partial charge in [-0.05, 0) is 37.0 Å². The van der Waals surface area contributed by atoms with Crippen LogP contribution in [0.2, 0.25) is 0 Å². The summed E-state index contributed by atoms with van der Waals surface area (Å²) in [5.41, 5.74) is 2.06. The highest BCUT2D eigenvalue weighted by Crippen LogP contribution is 2.61. The van der Waals surface area contributed by atoms with Crippen LogP contribution in [0, 0.1) is 10.6 Å². The van der Waals surface area contributed by atoms with Crippen molar-refractivity contribution in [3.05, 3.63) is 40.1 Å². The molecule has 0 saturated carbocycles. The van der Waals surface area contributed by atoms with Crippen molar-refractivity contribution in [2.75, 3.05) is 34.4 Å². The summed E-state index contributed by atoms with van der Waals surface area (Å²) in [5.74, 6) is 0.960. The first-order valence-corrected chi connectivity index (χ1v) is 9.10. The minimum atomic E-state index is -0.858. The number of allylic oxidation sites excluding steroid dienone is 1. The summed E-state index contributed by atoms with van der Waals surface area (Å²) in [6.45, 7) is 0.830. The van der Waals surface area contributed by atoms with E-state index < -0.39 is 11.5 Å². The van der Waals surface area contributed by atoms with Crippen LogP contribution in [-0.2, 0) is 16.0 Å². The smallest absolute Gasteiger partial charge is 0.322 e. The van der Waals surface area contributed by atoms with Crippen molar-refractivity contribution in [2.45, 2.75) is 31.7 Å². The number of carbonyl (C=O) groups is 1. The Kier molecular flexibility index (Phi) is 4.00. The predicted octanol–water partition coefficient (Wildman–Crippen LogP) is 2.90. The van der Waals surface area contributed by atoms with Crippen LogP contribution in [0.15, 0.2) is 23.8 Å². The maximum Gasteiger partial charge on any atom is 0.322 e. The molecule has 140 valence electrons. The highest BCUT2D eigenvalue weighted by Gasteiger charge is 2.64. The third kappa shape index (κ3) is 2.15. The van der Waals surface area contributed by atoms with Crippen molar-refractivity contribution >= 4 is 5.97 Å². The Morgan fingerprint density at radius 2 is 1.96 bits per heavy atom. The van der Waals surface area contributed by atoms with Gasteiger partial charge < -0.3 is 24.1 Å². The van der Waals surface area contributed by atoms with Crippen molar-refractivity contribution < 1.29 is 23.7 Å². The molecule has 1 aliphatic carbocycles. The second-order valence-corrected chi connectivity index (χ2v) is 7.48. The van der Waals surface area contributed by atoms with Gasteiger partial charge in [-0.1, -0.05) is 6.08 Å². The number of hydrogen-bond donors (Lipinski definition) is 0. The number of rotatable bonds is 3. The second kappa shape index (κ2) is 5.99. The molecule has 2 aliphatic heterocycles. The van der Waals surface area contributed by atoms with Crippen molar-refractivity contribution in [1.82, 2.24) is 0 Å². The lowest BCUT2D eigenvalue weighted by molar-refractivity contribution is -0.902. The molecule has 0 bridgehead atoms. The molecule has 0 aromatic heterocycles. The predicted molar refractivity (Wildman–Crippen MR) is 95.7 cm³/mol. The quantitative estimate of drug-likeness (QED) is 0.359. The van der Waals surface area contributed by atoms with E-state index in [0.29, 0.717) is 37.4 Å². The summed E-state index contributed by atoms with van der Waals surface area (Å²) in [7, 11) is 4.61. The number of esters is 1. The fourth-order valence-corrected chi connectivity index (χ4v) is 5.27. The highest BCUT2D eigenvalue weighted by molar-refractivity contribution is 5.83. The van der Waals surface area contributed by atoms with Gasteiger partial charge >= 0.3 is 5.97 Å². The molecule has 1 saturated heterocycles. The van der Waals surface area contributed by atoms with Crippen LogP contribution < -0.4 is 9.47 Å².